The number of hydrogen-bond acceptors (Lipinski definition) is 1. The summed E-state index contributed by atoms with van der Waals surface area (Å²) in [5.74, 6) is 0. The fourth-order valence-electron chi connectivity index (χ4n) is 2.72. The minimum Gasteiger partial charge on any atom is -0.309 e. The van der Waals surface area contributed by atoms with Gasteiger partial charge in [0.05, 0.1) is 6.04 Å². The normalized spacial score (nSPS) is 12.5. The summed E-state index contributed by atoms with van der Waals surface area (Å²) < 4.78 is 1.02. The van der Waals surface area contributed by atoms with Gasteiger partial charge in [-0.25, -0.2) is 0 Å². The minimum absolute atomic E-state index is 0.114. The third kappa shape index (κ3) is 2.84. The van der Waals surface area contributed by atoms with Gasteiger partial charge in [0.1, 0.15) is 0 Å². The van der Waals surface area contributed by atoms with Crippen LogP contribution in [0.2, 0.25) is 5.02 Å². The average molecular weight is 361 g/mol. The van der Waals surface area contributed by atoms with Crippen LogP contribution in [-0.4, -0.2) is 7.05 Å². The number of fused-ring (bicyclic) bond motifs is 1. The highest BCUT2D eigenvalue weighted by molar-refractivity contribution is 9.10. The van der Waals surface area contributed by atoms with Crippen molar-refractivity contribution in [2.45, 2.75) is 6.04 Å². The second kappa shape index (κ2) is 6.18. The second-order valence-corrected chi connectivity index (χ2v) is 6.25. The molecule has 0 fully saturated rings. The van der Waals surface area contributed by atoms with Crippen LogP contribution in [0.5, 0.6) is 0 Å². The summed E-state index contributed by atoms with van der Waals surface area (Å²) in [6.07, 6.45) is 0. The zero-order chi connectivity index (χ0) is 14.8. The van der Waals surface area contributed by atoms with Gasteiger partial charge in [-0.1, -0.05) is 76.1 Å². The Balaban J connectivity index is 2.18. The monoisotopic (exact) mass is 359 g/mol. The van der Waals surface area contributed by atoms with Gasteiger partial charge in [0.25, 0.3) is 0 Å². The lowest BCUT2D eigenvalue weighted by Gasteiger charge is -2.20. The van der Waals surface area contributed by atoms with Gasteiger partial charge in [0, 0.05) is 9.50 Å². The molecule has 3 heteroatoms. The number of halogens is 2. The molecule has 3 aromatic carbocycles. The molecule has 3 aromatic rings. The Kier molecular flexibility index (Phi) is 4.29. The lowest BCUT2D eigenvalue weighted by molar-refractivity contribution is 0.694. The Morgan fingerprint density at radius 1 is 0.952 bits per heavy atom. The molecule has 0 heterocycles. The molecule has 1 nitrogen and oxygen atoms in total. The molecular weight excluding hydrogens is 346 g/mol. The van der Waals surface area contributed by atoms with Crippen LogP contribution in [0, 0.1) is 0 Å². The molecule has 0 aliphatic carbocycles. The molecule has 0 aromatic heterocycles. The van der Waals surface area contributed by atoms with Gasteiger partial charge in [0.15, 0.2) is 0 Å². The first-order valence-corrected chi connectivity index (χ1v) is 7.97. The van der Waals surface area contributed by atoms with Crippen molar-refractivity contribution in [2.24, 2.45) is 0 Å². The van der Waals surface area contributed by atoms with Gasteiger partial charge in [-0.15, -0.1) is 0 Å². The lowest BCUT2D eigenvalue weighted by atomic mass is 9.94. The predicted molar refractivity (Wildman–Crippen MR) is 94.0 cm³/mol. The summed E-state index contributed by atoms with van der Waals surface area (Å²) in [7, 11) is 1.98. The van der Waals surface area contributed by atoms with Crippen molar-refractivity contribution in [2.75, 3.05) is 7.05 Å². The molecule has 0 bridgehead atoms. The van der Waals surface area contributed by atoms with Crippen LogP contribution in [0.15, 0.2) is 65.1 Å². The molecular formula is C18H15BrClN. The van der Waals surface area contributed by atoms with Crippen LogP contribution < -0.4 is 5.32 Å². The van der Waals surface area contributed by atoms with E-state index in [1.54, 1.807) is 0 Å². The summed E-state index contributed by atoms with van der Waals surface area (Å²) in [6, 6.07) is 20.9. The average Bonchev–Trinajstić information content (AvgIpc) is 2.50. The standard InChI is InChI=1S/C18H15BrClN/c1-21-18(16-10-9-13(20)11-17(16)19)15-8-4-6-12-5-2-3-7-14(12)15/h2-11,18,21H,1H3. The molecule has 0 amide bonds. The van der Waals surface area contributed by atoms with E-state index >= 15 is 0 Å². The van der Waals surface area contributed by atoms with E-state index in [2.05, 4.69) is 69.8 Å². The highest BCUT2D eigenvalue weighted by atomic mass is 79.9. The Morgan fingerprint density at radius 2 is 1.71 bits per heavy atom. The maximum absolute atomic E-state index is 6.06. The molecule has 0 aliphatic rings. The third-order valence-electron chi connectivity index (χ3n) is 3.70. The number of rotatable bonds is 3. The number of hydrogen-bond donors (Lipinski definition) is 1. The van der Waals surface area contributed by atoms with E-state index in [1.165, 1.54) is 21.9 Å². The van der Waals surface area contributed by atoms with E-state index in [4.69, 9.17) is 11.6 Å². The highest BCUT2D eigenvalue weighted by Gasteiger charge is 2.17. The summed E-state index contributed by atoms with van der Waals surface area (Å²) in [5, 5.41) is 6.66. The first-order chi connectivity index (χ1) is 10.2. The third-order valence-corrected chi connectivity index (χ3v) is 4.62. The maximum atomic E-state index is 6.06. The molecule has 3 rings (SSSR count). The number of nitrogens with one attached hydrogen (secondary N) is 1. The second-order valence-electron chi connectivity index (χ2n) is 4.96. The van der Waals surface area contributed by atoms with Crippen LogP contribution in [0.25, 0.3) is 10.8 Å². The van der Waals surface area contributed by atoms with Crippen LogP contribution in [0.4, 0.5) is 0 Å². The smallest absolute Gasteiger partial charge is 0.0591 e. The Morgan fingerprint density at radius 3 is 2.48 bits per heavy atom. The molecule has 0 saturated carbocycles. The van der Waals surface area contributed by atoms with E-state index in [-0.39, 0.29) is 6.04 Å². The first kappa shape index (κ1) is 14.6. The zero-order valence-electron chi connectivity index (χ0n) is 11.6. The Labute approximate surface area is 138 Å². The zero-order valence-corrected chi connectivity index (χ0v) is 13.9. The van der Waals surface area contributed by atoms with Crippen LogP contribution in [0.1, 0.15) is 17.2 Å². The maximum Gasteiger partial charge on any atom is 0.0591 e. The SMILES string of the molecule is CNC(c1ccc(Cl)cc1Br)c1cccc2ccccc12. The van der Waals surface area contributed by atoms with E-state index in [9.17, 15) is 0 Å². The van der Waals surface area contributed by atoms with E-state index in [1.807, 2.05) is 19.2 Å². The molecule has 0 aliphatic heterocycles. The van der Waals surface area contributed by atoms with Crippen LogP contribution in [0.3, 0.4) is 0 Å². The molecule has 21 heavy (non-hydrogen) atoms. The van der Waals surface area contributed by atoms with Gasteiger partial charge >= 0.3 is 0 Å². The fourth-order valence-corrected chi connectivity index (χ4v) is 3.63. The Hall–Kier alpha value is -1.35. The van der Waals surface area contributed by atoms with E-state index in [0.717, 1.165) is 9.50 Å². The minimum atomic E-state index is 0.114. The molecule has 1 atom stereocenters. The van der Waals surface area contributed by atoms with Crippen molar-refractivity contribution in [3.05, 3.63) is 81.3 Å². The molecule has 0 saturated heterocycles. The van der Waals surface area contributed by atoms with Gasteiger partial charge in [-0.3, -0.25) is 0 Å². The van der Waals surface area contributed by atoms with Crippen molar-refractivity contribution in [1.29, 1.82) is 0 Å². The quantitative estimate of drug-likeness (QED) is 0.644. The predicted octanol–water partition coefficient (Wildman–Crippen LogP) is 5.56. The van der Waals surface area contributed by atoms with Crippen LogP contribution in [-0.2, 0) is 0 Å². The van der Waals surface area contributed by atoms with Crippen molar-refractivity contribution in [3.63, 3.8) is 0 Å². The van der Waals surface area contributed by atoms with Gasteiger partial charge in [0.2, 0.25) is 0 Å². The van der Waals surface area contributed by atoms with Crippen molar-refractivity contribution in [1.82, 2.24) is 5.32 Å². The summed E-state index contributed by atoms with van der Waals surface area (Å²) in [6.45, 7) is 0. The molecule has 1 N–H and O–H groups in total. The van der Waals surface area contributed by atoms with Crippen molar-refractivity contribution >= 4 is 38.3 Å². The van der Waals surface area contributed by atoms with E-state index in [0.29, 0.717) is 0 Å². The highest BCUT2D eigenvalue weighted by Crippen LogP contribution is 2.33. The largest absolute Gasteiger partial charge is 0.309 e. The Bertz CT molecular complexity index is 780. The number of benzene rings is 3. The van der Waals surface area contributed by atoms with Gasteiger partial charge < -0.3 is 5.32 Å². The van der Waals surface area contributed by atoms with Crippen LogP contribution >= 0.6 is 27.5 Å². The fraction of sp³-hybridized carbons (Fsp3) is 0.111. The molecule has 106 valence electrons. The summed E-state index contributed by atoms with van der Waals surface area (Å²) in [4.78, 5) is 0. The van der Waals surface area contributed by atoms with Crippen molar-refractivity contribution < 1.29 is 0 Å². The van der Waals surface area contributed by atoms with Gasteiger partial charge in [-0.05, 0) is 41.1 Å². The summed E-state index contributed by atoms with van der Waals surface area (Å²) >= 11 is 9.68. The molecule has 1 unspecified atom stereocenters. The topological polar surface area (TPSA) is 12.0 Å². The molecule has 0 radical (unpaired) electrons. The summed E-state index contributed by atoms with van der Waals surface area (Å²) in [5.41, 5.74) is 2.44. The lowest BCUT2D eigenvalue weighted by Crippen LogP contribution is -2.18. The molecule has 0 spiro atoms. The first-order valence-electron chi connectivity index (χ1n) is 6.80. The van der Waals surface area contributed by atoms with E-state index < -0.39 is 0 Å². The van der Waals surface area contributed by atoms with Gasteiger partial charge in [-0.2, -0.15) is 0 Å². The van der Waals surface area contributed by atoms with Crippen molar-refractivity contribution in [3.8, 4) is 0 Å².